The average Bonchev–Trinajstić information content (AvgIpc) is 3.44. The molecule has 0 heterocycles. The predicted octanol–water partition coefficient (Wildman–Crippen LogP) is 23.3. The molecule has 6 heteroatoms. The predicted molar refractivity (Wildman–Crippen MR) is 339 cm³/mol. The monoisotopic (exact) mass is 1090 g/mol. The fourth-order valence-corrected chi connectivity index (χ4v) is 9.81. The van der Waals surface area contributed by atoms with E-state index in [4.69, 9.17) is 14.2 Å². The Bertz CT molecular complexity index is 1440. The van der Waals surface area contributed by atoms with Gasteiger partial charge in [0.2, 0.25) is 0 Å². The van der Waals surface area contributed by atoms with Crippen LogP contribution in [0.2, 0.25) is 0 Å². The number of unbranched alkanes of at least 4 members (excludes halogenated alkanes) is 39. The van der Waals surface area contributed by atoms with Crippen molar-refractivity contribution in [2.75, 3.05) is 13.2 Å². The van der Waals surface area contributed by atoms with Crippen LogP contribution in [0, 0.1) is 0 Å². The van der Waals surface area contributed by atoms with E-state index >= 15 is 0 Å². The lowest BCUT2D eigenvalue weighted by Crippen LogP contribution is -2.30. The fourth-order valence-electron chi connectivity index (χ4n) is 9.81. The fraction of sp³-hybridized carbons (Fsp3) is 0.792. The lowest BCUT2D eigenvalue weighted by molar-refractivity contribution is -0.167. The first kappa shape index (κ1) is 74.8. The number of ether oxygens (including phenoxy) is 3. The third-order valence-corrected chi connectivity index (χ3v) is 14.9. The van der Waals surface area contributed by atoms with Crippen molar-refractivity contribution in [1.82, 2.24) is 0 Å². The molecule has 0 bridgehead atoms. The highest BCUT2D eigenvalue weighted by atomic mass is 16.6. The third-order valence-electron chi connectivity index (χ3n) is 14.9. The summed E-state index contributed by atoms with van der Waals surface area (Å²) in [6.45, 7) is 6.63. The van der Waals surface area contributed by atoms with Gasteiger partial charge in [-0.2, -0.15) is 0 Å². The van der Waals surface area contributed by atoms with Crippen LogP contribution < -0.4 is 0 Å². The maximum atomic E-state index is 12.9. The zero-order valence-electron chi connectivity index (χ0n) is 51.9. The summed E-state index contributed by atoms with van der Waals surface area (Å²) in [4.78, 5) is 38.4. The van der Waals surface area contributed by atoms with Gasteiger partial charge in [0.1, 0.15) is 13.2 Å². The normalized spacial score (nSPS) is 12.5. The molecule has 0 saturated carbocycles. The summed E-state index contributed by atoms with van der Waals surface area (Å²) in [6, 6.07) is 0. The van der Waals surface area contributed by atoms with Crippen LogP contribution in [0.15, 0.2) is 72.9 Å². The molecular weight excluding hydrogens is 961 g/mol. The lowest BCUT2D eigenvalue weighted by Gasteiger charge is -2.18. The van der Waals surface area contributed by atoms with Gasteiger partial charge in [-0.15, -0.1) is 0 Å². The van der Waals surface area contributed by atoms with Crippen LogP contribution >= 0.6 is 0 Å². The van der Waals surface area contributed by atoms with Crippen molar-refractivity contribution in [3.8, 4) is 0 Å². The molecule has 0 radical (unpaired) electrons. The van der Waals surface area contributed by atoms with Crippen molar-refractivity contribution in [2.24, 2.45) is 0 Å². The van der Waals surface area contributed by atoms with Crippen LogP contribution in [0.3, 0.4) is 0 Å². The highest BCUT2D eigenvalue weighted by molar-refractivity contribution is 5.71. The maximum absolute atomic E-state index is 12.9. The maximum Gasteiger partial charge on any atom is 0.306 e. The van der Waals surface area contributed by atoms with E-state index in [-0.39, 0.29) is 31.1 Å². The van der Waals surface area contributed by atoms with Gasteiger partial charge in [-0.05, 0) is 96.3 Å². The Morgan fingerprint density at radius 1 is 0.256 bits per heavy atom. The van der Waals surface area contributed by atoms with E-state index in [1.807, 2.05) is 0 Å². The van der Waals surface area contributed by atoms with Gasteiger partial charge in [-0.3, -0.25) is 14.4 Å². The van der Waals surface area contributed by atoms with E-state index in [0.29, 0.717) is 19.3 Å². The molecule has 0 aliphatic heterocycles. The summed E-state index contributed by atoms with van der Waals surface area (Å²) < 4.78 is 17.0. The summed E-state index contributed by atoms with van der Waals surface area (Å²) in [6.07, 6.45) is 86.2. The van der Waals surface area contributed by atoms with Gasteiger partial charge >= 0.3 is 17.9 Å². The van der Waals surface area contributed by atoms with Crippen LogP contribution in [0.5, 0.6) is 0 Å². The van der Waals surface area contributed by atoms with E-state index in [9.17, 15) is 14.4 Å². The highest BCUT2D eigenvalue weighted by Gasteiger charge is 2.19. The van der Waals surface area contributed by atoms with Crippen molar-refractivity contribution in [2.45, 2.75) is 354 Å². The first-order valence-corrected chi connectivity index (χ1v) is 33.9. The van der Waals surface area contributed by atoms with Gasteiger partial charge < -0.3 is 14.2 Å². The number of rotatable bonds is 62. The number of allylic oxidation sites excluding steroid dienone is 12. The highest BCUT2D eigenvalue weighted by Crippen LogP contribution is 2.17. The Balaban J connectivity index is 4.40. The quantitative estimate of drug-likeness (QED) is 0.0261. The van der Waals surface area contributed by atoms with Crippen LogP contribution in [0.4, 0.5) is 0 Å². The first-order valence-electron chi connectivity index (χ1n) is 33.9. The zero-order valence-corrected chi connectivity index (χ0v) is 51.9. The van der Waals surface area contributed by atoms with E-state index in [0.717, 1.165) is 96.3 Å². The summed E-state index contributed by atoms with van der Waals surface area (Å²) in [7, 11) is 0. The summed E-state index contributed by atoms with van der Waals surface area (Å²) in [5.74, 6) is -0.888. The van der Waals surface area contributed by atoms with Gasteiger partial charge in [0.05, 0.1) is 0 Å². The van der Waals surface area contributed by atoms with Crippen molar-refractivity contribution in [1.29, 1.82) is 0 Å². The minimum atomic E-state index is -0.787. The van der Waals surface area contributed by atoms with Crippen LogP contribution in [0.25, 0.3) is 0 Å². The molecule has 1 atom stereocenters. The Labute approximate surface area is 484 Å². The third kappa shape index (κ3) is 63.7. The molecule has 0 fully saturated rings. The summed E-state index contributed by atoms with van der Waals surface area (Å²) in [5, 5.41) is 0. The Kier molecular flexibility index (Phi) is 63.7. The second-order valence-electron chi connectivity index (χ2n) is 22.7. The van der Waals surface area contributed by atoms with Crippen LogP contribution in [-0.2, 0) is 28.6 Å². The molecule has 0 spiro atoms. The smallest absolute Gasteiger partial charge is 0.306 e. The van der Waals surface area contributed by atoms with E-state index in [2.05, 4.69) is 93.7 Å². The van der Waals surface area contributed by atoms with Gasteiger partial charge in [0.15, 0.2) is 6.10 Å². The van der Waals surface area contributed by atoms with Crippen LogP contribution in [-0.4, -0.2) is 37.2 Å². The molecule has 0 rings (SSSR count). The first-order chi connectivity index (χ1) is 38.5. The van der Waals surface area contributed by atoms with Gasteiger partial charge in [0, 0.05) is 19.3 Å². The number of hydrogen-bond donors (Lipinski definition) is 0. The van der Waals surface area contributed by atoms with Crippen molar-refractivity contribution < 1.29 is 28.6 Å². The molecule has 78 heavy (non-hydrogen) atoms. The molecule has 0 N–H and O–H groups in total. The van der Waals surface area contributed by atoms with Gasteiger partial charge in [-0.1, -0.05) is 306 Å². The van der Waals surface area contributed by atoms with Crippen molar-refractivity contribution in [3.05, 3.63) is 72.9 Å². The Hall–Kier alpha value is -3.15. The summed E-state index contributed by atoms with van der Waals surface area (Å²) >= 11 is 0. The molecule has 6 nitrogen and oxygen atoms in total. The number of carbonyl (C=O) groups is 3. The number of carbonyl (C=O) groups excluding carboxylic acids is 3. The molecule has 0 aromatic carbocycles. The van der Waals surface area contributed by atoms with Crippen molar-refractivity contribution >= 4 is 17.9 Å². The van der Waals surface area contributed by atoms with E-state index in [1.165, 1.54) is 212 Å². The zero-order chi connectivity index (χ0) is 56.4. The molecule has 1 unspecified atom stereocenters. The molecule has 0 aromatic heterocycles. The SMILES string of the molecule is CCCCC/C=C\C/C=C\C/C=C\CCCCCCCCC(=O)OCC(COC(=O)CCCCCCCC/C=C\C/C=C\C/C=C\CCCCCCC)OC(=O)CCCCCCCCCCCCCCCCCCCCCC. The molecule has 0 aromatic rings. The Morgan fingerprint density at radius 3 is 0.744 bits per heavy atom. The summed E-state index contributed by atoms with van der Waals surface area (Å²) in [5.41, 5.74) is 0. The molecule has 0 aliphatic rings. The number of esters is 3. The topological polar surface area (TPSA) is 78.9 Å². The average molecular weight is 1090 g/mol. The van der Waals surface area contributed by atoms with Gasteiger partial charge in [-0.25, -0.2) is 0 Å². The van der Waals surface area contributed by atoms with Crippen LogP contribution in [0.1, 0.15) is 348 Å². The minimum Gasteiger partial charge on any atom is -0.462 e. The van der Waals surface area contributed by atoms with E-state index in [1.54, 1.807) is 0 Å². The standard InChI is InChI=1S/C72H128O6/c1-4-7-10-13-16-19-22-25-28-31-34-36-39-41-44-47-50-53-56-59-62-65-71(74)77-68-69(67-76-70(73)64-61-58-55-52-49-46-43-40-37-33-30-27-24-21-18-15-12-9-6-3)78-72(75)66-63-60-57-54-51-48-45-42-38-35-32-29-26-23-20-17-14-11-8-5-2/h18,21-22,25,27,30-31,34,37,39-41,69H,4-17,19-20,23-24,26,28-29,32-33,35-36,38,42-68H2,1-3H3/b21-18-,25-22-,30-27-,34-31-,40-37-,41-39-. The number of hydrogen-bond acceptors (Lipinski definition) is 6. The second kappa shape index (κ2) is 66.4. The molecular formula is C72H128O6. The van der Waals surface area contributed by atoms with Crippen molar-refractivity contribution in [3.63, 3.8) is 0 Å². The molecule has 0 saturated heterocycles. The lowest BCUT2D eigenvalue weighted by atomic mass is 10.0. The Morgan fingerprint density at radius 2 is 0.462 bits per heavy atom. The molecule has 0 aliphatic carbocycles. The largest absolute Gasteiger partial charge is 0.462 e. The molecule has 452 valence electrons. The second-order valence-corrected chi connectivity index (χ2v) is 22.7. The van der Waals surface area contributed by atoms with E-state index < -0.39 is 6.10 Å². The van der Waals surface area contributed by atoms with Gasteiger partial charge in [0.25, 0.3) is 0 Å². The molecule has 0 amide bonds. The minimum absolute atomic E-state index is 0.0839.